The smallest absolute Gasteiger partial charge is 0.279 e. The number of hydrogen-bond acceptors (Lipinski definition) is 4. The molecule has 0 amide bonds. The van der Waals surface area contributed by atoms with Crippen molar-refractivity contribution in [2.75, 3.05) is 26.2 Å². The lowest BCUT2D eigenvalue weighted by atomic mass is 9.98. The molecular formula is C20H33N3O3S. The number of rotatable bonds is 6. The second-order valence-electron chi connectivity index (χ2n) is 8.18. The Balaban J connectivity index is 1.56. The summed E-state index contributed by atoms with van der Waals surface area (Å²) in [5.41, 5.74) is 2.24. The highest BCUT2D eigenvalue weighted by Gasteiger charge is 2.30. The van der Waals surface area contributed by atoms with Crippen LogP contribution in [0.3, 0.4) is 0 Å². The predicted octanol–water partition coefficient (Wildman–Crippen LogP) is 2.36. The summed E-state index contributed by atoms with van der Waals surface area (Å²) in [5.74, 6) is 0.826. The van der Waals surface area contributed by atoms with Crippen LogP contribution in [0.1, 0.15) is 44.7 Å². The van der Waals surface area contributed by atoms with E-state index in [0.29, 0.717) is 19.6 Å². The molecular weight excluding hydrogens is 362 g/mol. The van der Waals surface area contributed by atoms with Crippen LogP contribution in [0.4, 0.5) is 0 Å². The number of piperidine rings is 1. The summed E-state index contributed by atoms with van der Waals surface area (Å²) >= 11 is 0. The van der Waals surface area contributed by atoms with E-state index in [0.717, 1.165) is 31.1 Å². The zero-order valence-corrected chi connectivity index (χ0v) is 17.5. The van der Waals surface area contributed by atoms with Gasteiger partial charge in [0.25, 0.3) is 10.2 Å². The molecule has 152 valence electrons. The fraction of sp³-hybridized carbons (Fsp3) is 0.700. The largest absolute Gasteiger partial charge is 0.373 e. The van der Waals surface area contributed by atoms with Crippen LogP contribution in [-0.4, -0.2) is 56.0 Å². The Morgan fingerprint density at radius 1 is 1.07 bits per heavy atom. The Labute approximate surface area is 164 Å². The van der Waals surface area contributed by atoms with Gasteiger partial charge in [-0.05, 0) is 56.8 Å². The van der Waals surface area contributed by atoms with Crippen molar-refractivity contribution in [2.24, 2.45) is 5.92 Å². The van der Waals surface area contributed by atoms with Crippen LogP contribution in [0, 0.1) is 5.92 Å². The first-order chi connectivity index (χ1) is 12.8. The van der Waals surface area contributed by atoms with Crippen molar-refractivity contribution in [3.8, 4) is 0 Å². The summed E-state index contributed by atoms with van der Waals surface area (Å²) in [4.78, 5) is 2.49. The molecule has 27 heavy (non-hydrogen) atoms. The van der Waals surface area contributed by atoms with Gasteiger partial charge >= 0.3 is 0 Å². The minimum atomic E-state index is -3.50. The lowest BCUT2D eigenvalue weighted by Gasteiger charge is -2.34. The standard InChI is InChI=1S/C20H33N3O3S/c1-16-7-9-22(10-8-16)15-20-6-4-5-19(11-20)12-21-27(24,25)23-13-17(2)26-18(3)14-23/h4-6,11,16-18,21H,7-10,12-15H2,1-3H3. The normalized spacial score (nSPS) is 26.3. The molecule has 0 spiro atoms. The van der Waals surface area contributed by atoms with E-state index in [4.69, 9.17) is 4.74 Å². The van der Waals surface area contributed by atoms with Gasteiger partial charge in [0.1, 0.15) is 0 Å². The van der Waals surface area contributed by atoms with Crippen LogP contribution in [0.5, 0.6) is 0 Å². The van der Waals surface area contributed by atoms with Gasteiger partial charge in [-0.3, -0.25) is 4.90 Å². The molecule has 2 atom stereocenters. The first-order valence-corrected chi connectivity index (χ1v) is 11.5. The minimum absolute atomic E-state index is 0.0825. The summed E-state index contributed by atoms with van der Waals surface area (Å²) < 4.78 is 35.1. The predicted molar refractivity (Wildman–Crippen MR) is 107 cm³/mol. The van der Waals surface area contributed by atoms with Crippen LogP contribution in [-0.2, 0) is 28.0 Å². The molecule has 0 bridgehead atoms. The van der Waals surface area contributed by atoms with E-state index >= 15 is 0 Å². The number of morpholine rings is 1. The van der Waals surface area contributed by atoms with Gasteiger partial charge in [-0.2, -0.15) is 17.4 Å². The second-order valence-corrected chi connectivity index (χ2v) is 9.93. The van der Waals surface area contributed by atoms with Crippen molar-refractivity contribution in [1.29, 1.82) is 0 Å². The van der Waals surface area contributed by atoms with Crippen molar-refractivity contribution >= 4 is 10.2 Å². The molecule has 1 N–H and O–H groups in total. The maximum Gasteiger partial charge on any atom is 0.279 e. The Hall–Kier alpha value is -0.990. The van der Waals surface area contributed by atoms with Crippen LogP contribution in [0.15, 0.2) is 24.3 Å². The van der Waals surface area contributed by atoms with Crippen molar-refractivity contribution in [1.82, 2.24) is 13.9 Å². The zero-order valence-electron chi connectivity index (χ0n) is 16.7. The monoisotopic (exact) mass is 395 g/mol. The molecule has 0 aliphatic carbocycles. The molecule has 6 nitrogen and oxygen atoms in total. The summed E-state index contributed by atoms with van der Waals surface area (Å²) in [7, 11) is -3.50. The van der Waals surface area contributed by atoms with Gasteiger partial charge in [0, 0.05) is 26.2 Å². The van der Waals surface area contributed by atoms with E-state index in [1.54, 1.807) is 0 Å². The van der Waals surface area contributed by atoms with Gasteiger partial charge in [0.05, 0.1) is 12.2 Å². The maximum absolute atomic E-state index is 12.6. The van der Waals surface area contributed by atoms with E-state index in [2.05, 4.69) is 28.7 Å². The number of benzene rings is 1. The fourth-order valence-corrected chi connectivity index (χ4v) is 5.25. The third kappa shape index (κ3) is 5.99. The van der Waals surface area contributed by atoms with Crippen LogP contribution >= 0.6 is 0 Å². The average molecular weight is 396 g/mol. The molecule has 2 fully saturated rings. The van der Waals surface area contributed by atoms with Gasteiger partial charge in [-0.1, -0.05) is 31.2 Å². The fourth-order valence-electron chi connectivity index (χ4n) is 3.91. The van der Waals surface area contributed by atoms with E-state index in [-0.39, 0.29) is 12.2 Å². The Morgan fingerprint density at radius 2 is 1.70 bits per heavy atom. The lowest BCUT2D eigenvalue weighted by molar-refractivity contribution is -0.0444. The molecule has 0 radical (unpaired) electrons. The average Bonchev–Trinajstić information content (AvgIpc) is 2.62. The molecule has 2 unspecified atom stereocenters. The Morgan fingerprint density at radius 3 is 2.37 bits per heavy atom. The van der Waals surface area contributed by atoms with E-state index in [1.165, 1.54) is 22.7 Å². The Kier molecular flexibility index (Phi) is 6.92. The van der Waals surface area contributed by atoms with Gasteiger partial charge in [0.2, 0.25) is 0 Å². The molecule has 7 heteroatoms. The van der Waals surface area contributed by atoms with E-state index in [1.807, 2.05) is 26.0 Å². The number of likely N-dealkylation sites (tertiary alicyclic amines) is 1. The van der Waals surface area contributed by atoms with Crippen LogP contribution < -0.4 is 4.72 Å². The highest BCUT2D eigenvalue weighted by atomic mass is 32.2. The SMILES string of the molecule is CC1CCN(Cc2cccc(CNS(=O)(=O)N3CC(C)OC(C)C3)c2)CC1. The molecule has 3 rings (SSSR count). The second kappa shape index (κ2) is 9.01. The molecule has 0 saturated carbocycles. The van der Waals surface area contributed by atoms with Gasteiger partial charge in [-0.25, -0.2) is 0 Å². The third-order valence-corrected chi connectivity index (χ3v) is 6.95. The molecule has 2 saturated heterocycles. The van der Waals surface area contributed by atoms with Crippen molar-refractivity contribution in [3.05, 3.63) is 35.4 Å². The van der Waals surface area contributed by atoms with Gasteiger partial charge in [-0.15, -0.1) is 0 Å². The molecule has 2 aliphatic rings. The zero-order chi connectivity index (χ0) is 19.4. The molecule has 2 heterocycles. The number of nitrogens with one attached hydrogen (secondary N) is 1. The highest BCUT2D eigenvalue weighted by Crippen LogP contribution is 2.19. The third-order valence-electron chi connectivity index (χ3n) is 5.46. The van der Waals surface area contributed by atoms with E-state index < -0.39 is 10.2 Å². The van der Waals surface area contributed by atoms with Crippen molar-refractivity contribution in [2.45, 2.75) is 58.9 Å². The summed E-state index contributed by atoms with van der Waals surface area (Å²) in [6, 6.07) is 8.24. The maximum atomic E-state index is 12.6. The van der Waals surface area contributed by atoms with Gasteiger partial charge < -0.3 is 4.74 Å². The Bertz CT molecular complexity index is 707. The van der Waals surface area contributed by atoms with Gasteiger partial charge in [0.15, 0.2) is 0 Å². The first kappa shape index (κ1) is 20.7. The summed E-state index contributed by atoms with van der Waals surface area (Å²) in [5, 5.41) is 0. The highest BCUT2D eigenvalue weighted by molar-refractivity contribution is 7.87. The van der Waals surface area contributed by atoms with Crippen molar-refractivity contribution in [3.63, 3.8) is 0 Å². The summed E-state index contributed by atoms with van der Waals surface area (Å²) in [6.07, 6.45) is 2.35. The molecule has 1 aromatic carbocycles. The number of ether oxygens (including phenoxy) is 1. The summed E-state index contributed by atoms with van der Waals surface area (Å²) in [6.45, 7) is 10.5. The number of hydrogen-bond donors (Lipinski definition) is 1. The van der Waals surface area contributed by atoms with Crippen molar-refractivity contribution < 1.29 is 13.2 Å². The van der Waals surface area contributed by atoms with E-state index in [9.17, 15) is 8.42 Å². The first-order valence-electron chi connectivity index (χ1n) is 10.0. The number of nitrogens with zero attached hydrogens (tertiary/aromatic N) is 2. The molecule has 1 aromatic rings. The minimum Gasteiger partial charge on any atom is -0.373 e. The quantitative estimate of drug-likeness (QED) is 0.803. The molecule has 2 aliphatic heterocycles. The van der Waals surface area contributed by atoms with Crippen LogP contribution in [0.2, 0.25) is 0 Å². The lowest BCUT2D eigenvalue weighted by Crippen LogP contribution is -2.51. The molecule has 0 aromatic heterocycles. The topological polar surface area (TPSA) is 61.9 Å². The van der Waals surface area contributed by atoms with Crippen LogP contribution in [0.25, 0.3) is 0 Å².